The zero-order valence-electron chi connectivity index (χ0n) is 15.4. The Morgan fingerprint density at radius 3 is 2.54 bits per heavy atom. The first-order valence-corrected chi connectivity index (χ1v) is 8.80. The largest absolute Gasteiger partial charge is 0.492 e. The topological polar surface area (TPSA) is 73.2 Å². The van der Waals surface area contributed by atoms with Crippen molar-refractivity contribution >= 4 is 5.91 Å². The van der Waals surface area contributed by atoms with E-state index in [0.29, 0.717) is 11.4 Å². The van der Waals surface area contributed by atoms with E-state index >= 15 is 0 Å². The molecule has 0 aliphatic heterocycles. The van der Waals surface area contributed by atoms with Gasteiger partial charge in [-0.1, -0.05) is 29.8 Å². The van der Waals surface area contributed by atoms with Gasteiger partial charge >= 0.3 is 0 Å². The van der Waals surface area contributed by atoms with E-state index in [1.165, 1.54) is 41.2 Å². The molecule has 0 unspecified atom stereocenters. The summed E-state index contributed by atoms with van der Waals surface area (Å²) in [5.41, 5.74) is 2.23. The second-order valence-electron chi connectivity index (χ2n) is 6.26. The second-order valence-corrected chi connectivity index (χ2v) is 6.26. The molecule has 0 aliphatic carbocycles. The third-order valence-electron chi connectivity index (χ3n) is 4.05. The van der Waals surface area contributed by atoms with Crippen molar-refractivity contribution in [3.8, 4) is 17.0 Å². The summed E-state index contributed by atoms with van der Waals surface area (Å²) in [5.74, 6) is -0.148. The van der Waals surface area contributed by atoms with Crippen LogP contribution in [0.15, 0.2) is 65.7 Å². The number of carbonyl (C=O) groups is 1. The van der Waals surface area contributed by atoms with Crippen molar-refractivity contribution < 1.29 is 13.9 Å². The van der Waals surface area contributed by atoms with Gasteiger partial charge in [0.05, 0.1) is 18.6 Å². The average Bonchev–Trinajstić information content (AvgIpc) is 2.69. The first-order chi connectivity index (χ1) is 13.5. The molecule has 0 spiro atoms. The van der Waals surface area contributed by atoms with Crippen molar-refractivity contribution in [3.05, 3.63) is 82.7 Å². The van der Waals surface area contributed by atoms with Gasteiger partial charge < -0.3 is 10.1 Å². The number of nitrogens with zero attached hydrogens (tertiary/aromatic N) is 2. The molecule has 7 heteroatoms. The first kappa shape index (κ1) is 19.3. The van der Waals surface area contributed by atoms with Crippen LogP contribution in [0, 0.1) is 12.7 Å². The highest BCUT2D eigenvalue weighted by Gasteiger charge is 2.07. The standard InChI is InChI=1S/C21H20FN3O3/c1-15-2-4-16(5-3-15)19-12-21(27)25(14-24-19)13-20(26)23-10-11-28-18-8-6-17(22)7-9-18/h2-9,12,14H,10-11,13H2,1H3,(H,23,26). The minimum Gasteiger partial charge on any atom is -0.492 e. The van der Waals surface area contributed by atoms with Crippen LogP contribution in [0.4, 0.5) is 4.39 Å². The predicted octanol–water partition coefficient (Wildman–Crippen LogP) is 2.55. The van der Waals surface area contributed by atoms with Crippen LogP contribution in [-0.4, -0.2) is 28.6 Å². The van der Waals surface area contributed by atoms with Gasteiger partial charge in [-0.05, 0) is 31.2 Å². The van der Waals surface area contributed by atoms with Crippen LogP contribution in [0.2, 0.25) is 0 Å². The molecule has 28 heavy (non-hydrogen) atoms. The monoisotopic (exact) mass is 381 g/mol. The summed E-state index contributed by atoms with van der Waals surface area (Å²) in [7, 11) is 0. The fourth-order valence-electron chi connectivity index (χ4n) is 2.53. The van der Waals surface area contributed by atoms with Crippen LogP contribution in [0.5, 0.6) is 5.75 Å². The van der Waals surface area contributed by atoms with E-state index in [1.807, 2.05) is 31.2 Å². The fourth-order valence-corrected chi connectivity index (χ4v) is 2.53. The van der Waals surface area contributed by atoms with E-state index in [-0.39, 0.29) is 37.0 Å². The molecule has 6 nitrogen and oxygen atoms in total. The molecule has 1 heterocycles. The Labute approximate surface area is 161 Å². The highest BCUT2D eigenvalue weighted by molar-refractivity contribution is 5.75. The van der Waals surface area contributed by atoms with Gasteiger partial charge in [-0.15, -0.1) is 0 Å². The third kappa shape index (κ3) is 5.26. The van der Waals surface area contributed by atoms with Gasteiger partial charge in [-0.2, -0.15) is 0 Å². The fraction of sp³-hybridized carbons (Fsp3) is 0.190. The first-order valence-electron chi connectivity index (χ1n) is 8.80. The summed E-state index contributed by atoms with van der Waals surface area (Å²) in [6.45, 7) is 2.35. The number of nitrogens with one attached hydrogen (secondary N) is 1. The lowest BCUT2D eigenvalue weighted by Gasteiger charge is -2.09. The summed E-state index contributed by atoms with van der Waals surface area (Å²) < 4.78 is 19.5. The summed E-state index contributed by atoms with van der Waals surface area (Å²) in [6.07, 6.45) is 1.37. The van der Waals surface area contributed by atoms with Crippen molar-refractivity contribution in [2.45, 2.75) is 13.5 Å². The zero-order chi connectivity index (χ0) is 19.9. The maximum absolute atomic E-state index is 12.8. The van der Waals surface area contributed by atoms with E-state index in [9.17, 15) is 14.0 Å². The molecule has 0 atom stereocenters. The second kappa shape index (κ2) is 8.94. The lowest BCUT2D eigenvalue weighted by Crippen LogP contribution is -2.34. The Kier molecular flexibility index (Phi) is 6.16. The molecule has 1 amide bonds. The molecule has 2 aromatic carbocycles. The maximum Gasteiger partial charge on any atom is 0.254 e. The van der Waals surface area contributed by atoms with Crippen molar-refractivity contribution in [2.24, 2.45) is 0 Å². The molecule has 0 aliphatic rings. The van der Waals surface area contributed by atoms with E-state index < -0.39 is 0 Å². The van der Waals surface area contributed by atoms with Gasteiger partial charge in [-0.25, -0.2) is 9.37 Å². The lowest BCUT2D eigenvalue weighted by molar-refractivity contribution is -0.121. The van der Waals surface area contributed by atoms with Crippen LogP contribution in [0.3, 0.4) is 0 Å². The summed E-state index contributed by atoms with van der Waals surface area (Å²) in [5, 5.41) is 2.67. The summed E-state index contributed by atoms with van der Waals surface area (Å²) in [4.78, 5) is 28.5. The quantitative estimate of drug-likeness (QED) is 0.639. The molecule has 1 aromatic heterocycles. The number of halogens is 1. The van der Waals surface area contributed by atoms with E-state index in [1.54, 1.807) is 0 Å². The predicted molar refractivity (Wildman–Crippen MR) is 104 cm³/mol. The Bertz CT molecular complexity index is 999. The van der Waals surface area contributed by atoms with Gasteiger partial charge in [0.15, 0.2) is 0 Å². The molecule has 3 rings (SSSR count). The van der Waals surface area contributed by atoms with E-state index in [4.69, 9.17) is 4.74 Å². The minimum atomic E-state index is -0.340. The van der Waals surface area contributed by atoms with Gasteiger partial charge in [0.25, 0.3) is 5.56 Å². The highest BCUT2D eigenvalue weighted by atomic mass is 19.1. The molecule has 3 aromatic rings. The van der Waals surface area contributed by atoms with Gasteiger partial charge in [0, 0.05) is 11.6 Å². The molecule has 0 bridgehead atoms. The molecule has 144 valence electrons. The minimum absolute atomic E-state index is 0.128. The van der Waals surface area contributed by atoms with Gasteiger partial charge in [0.1, 0.15) is 24.7 Å². The third-order valence-corrected chi connectivity index (χ3v) is 4.05. The van der Waals surface area contributed by atoms with Crippen molar-refractivity contribution in [1.82, 2.24) is 14.9 Å². The Morgan fingerprint density at radius 1 is 1.14 bits per heavy atom. The zero-order valence-corrected chi connectivity index (χ0v) is 15.4. The smallest absolute Gasteiger partial charge is 0.254 e. The molecule has 0 saturated heterocycles. The molecular formula is C21H20FN3O3. The normalized spacial score (nSPS) is 10.5. The molecular weight excluding hydrogens is 361 g/mol. The van der Waals surface area contributed by atoms with Crippen LogP contribution < -0.4 is 15.6 Å². The number of benzene rings is 2. The maximum atomic E-state index is 12.8. The number of rotatable bonds is 7. The van der Waals surface area contributed by atoms with Crippen LogP contribution in [-0.2, 0) is 11.3 Å². The molecule has 0 radical (unpaired) electrons. The van der Waals surface area contributed by atoms with E-state index in [0.717, 1.165) is 11.1 Å². The van der Waals surface area contributed by atoms with Crippen molar-refractivity contribution in [3.63, 3.8) is 0 Å². The molecule has 1 N–H and O–H groups in total. The summed E-state index contributed by atoms with van der Waals surface area (Å²) >= 11 is 0. The Balaban J connectivity index is 1.50. The van der Waals surface area contributed by atoms with Crippen molar-refractivity contribution in [2.75, 3.05) is 13.2 Å². The molecule has 0 saturated carbocycles. The SMILES string of the molecule is Cc1ccc(-c2cc(=O)n(CC(=O)NCCOc3ccc(F)cc3)cn2)cc1. The summed E-state index contributed by atoms with van der Waals surface area (Å²) in [6, 6.07) is 14.7. The Morgan fingerprint density at radius 2 is 1.86 bits per heavy atom. The average molecular weight is 381 g/mol. The van der Waals surface area contributed by atoms with Gasteiger partial charge in [0.2, 0.25) is 5.91 Å². The number of amides is 1. The lowest BCUT2D eigenvalue weighted by atomic mass is 10.1. The van der Waals surface area contributed by atoms with Gasteiger partial charge in [-0.3, -0.25) is 14.2 Å². The highest BCUT2D eigenvalue weighted by Crippen LogP contribution is 2.15. The number of ether oxygens (including phenoxy) is 1. The van der Waals surface area contributed by atoms with Crippen molar-refractivity contribution in [1.29, 1.82) is 0 Å². The number of aryl methyl sites for hydroxylation is 1. The molecule has 0 fully saturated rings. The number of hydrogen-bond acceptors (Lipinski definition) is 4. The van der Waals surface area contributed by atoms with Crippen LogP contribution in [0.25, 0.3) is 11.3 Å². The number of hydrogen-bond donors (Lipinski definition) is 1. The van der Waals surface area contributed by atoms with Crippen LogP contribution in [0.1, 0.15) is 5.56 Å². The Hall–Kier alpha value is -3.48. The van der Waals surface area contributed by atoms with E-state index in [2.05, 4.69) is 10.3 Å². The van der Waals surface area contributed by atoms with Crippen LogP contribution >= 0.6 is 0 Å². The number of aromatic nitrogens is 2. The number of carbonyl (C=O) groups excluding carboxylic acids is 1.